The summed E-state index contributed by atoms with van der Waals surface area (Å²) in [6, 6.07) is 2.56. The van der Waals surface area contributed by atoms with Gasteiger partial charge in [0.1, 0.15) is 0 Å². The van der Waals surface area contributed by atoms with Gasteiger partial charge in [0.15, 0.2) is 0 Å². The standard InChI is InChI=1S/C11H17NO/c1-2-4-11(8-13-9-11)10(7-12)5-3-6-10/h2-6,8-9H2,1H3. The minimum absolute atomic E-state index is 0.0126. The third kappa shape index (κ3) is 1.03. The molecular weight excluding hydrogens is 162 g/mol. The van der Waals surface area contributed by atoms with Crippen molar-refractivity contribution in [1.82, 2.24) is 0 Å². The third-order valence-electron chi connectivity index (χ3n) is 3.92. The third-order valence-corrected chi connectivity index (χ3v) is 3.92. The summed E-state index contributed by atoms with van der Waals surface area (Å²) in [7, 11) is 0. The molecule has 0 radical (unpaired) electrons. The predicted octanol–water partition coefficient (Wildman–Crippen LogP) is 2.50. The highest BCUT2D eigenvalue weighted by Gasteiger charge is 2.58. The number of hydrogen-bond acceptors (Lipinski definition) is 2. The molecule has 1 saturated heterocycles. The second-order valence-electron chi connectivity index (χ2n) is 4.57. The van der Waals surface area contributed by atoms with E-state index in [1.54, 1.807) is 0 Å². The Kier molecular flexibility index (Phi) is 2.08. The molecule has 13 heavy (non-hydrogen) atoms. The Morgan fingerprint density at radius 1 is 1.38 bits per heavy atom. The highest BCUT2D eigenvalue weighted by molar-refractivity contribution is 5.16. The maximum atomic E-state index is 9.26. The van der Waals surface area contributed by atoms with Crippen LogP contribution in [0.15, 0.2) is 0 Å². The first-order valence-electron chi connectivity index (χ1n) is 5.28. The lowest BCUT2D eigenvalue weighted by molar-refractivity contribution is -0.193. The Hall–Kier alpha value is -0.550. The van der Waals surface area contributed by atoms with Gasteiger partial charge in [0.2, 0.25) is 0 Å². The zero-order chi connectivity index (χ0) is 9.36. The van der Waals surface area contributed by atoms with Crippen molar-refractivity contribution in [3.63, 3.8) is 0 Å². The van der Waals surface area contributed by atoms with E-state index in [0.717, 1.165) is 26.1 Å². The van der Waals surface area contributed by atoms with Gasteiger partial charge in [-0.3, -0.25) is 0 Å². The molecule has 0 unspecified atom stereocenters. The van der Waals surface area contributed by atoms with Gasteiger partial charge in [-0.2, -0.15) is 5.26 Å². The lowest BCUT2D eigenvalue weighted by Gasteiger charge is -2.56. The van der Waals surface area contributed by atoms with Crippen LogP contribution in [-0.4, -0.2) is 13.2 Å². The quantitative estimate of drug-likeness (QED) is 0.667. The molecule has 1 aliphatic heterocycles. The minimum Gasteiger partial charge on any atom is -0.380 e. The van der Waals surface area contributed by atoms with Gasteiger partial charge in [-0.05, 0) is 19.3 Å². The molecule has 0 atom stereocenters. The van der Waals surface area contributed by atoms with Gasteiger partial charge in [0, 0.05) is 5.41 Å². The second kappa shape index (κ2) is 2.99. The first-order chi connectivity index (χ1) is 6.29. The van der Waals surface area contributed by atoms with E-state index in [0.29, 0.717) is 0 Å². The van der Waals surface area contributed by atoms with Crippen molar-refractivity contribution in [3.05, 3.63) is 0 Å². The number of nitriles is 1. The largest absolute Gasteiger partial charge is 0.380 e. The zero-order valence-electron chi connectivity index (χ0n) is 8.31. The van der Waals surface area contributed by atoms with Gasteiger partial charge in [-0.1, -0.05) is 19.8 Å². The summed E-state index contributed by atoms with van der Waals surface area (Å²) in [5.41, 5.74) is 0.218. The Morgan fingerprint density at radius 3 is 2.31 bits per heavy atom. The Balaban J connectivity index is 2.15. The van der Waals surface area contributed by atoms with Crippen LogP contribution in [0.3, 0.4) is 0 Å². The summed E-state index contributed by atoms with van der Waals surface area (Å²) in [4.78, 5) is 0. The van der Waals surface area contributed by atoms with Gasteiger partial charge in [-0.25, -0.2) is 0 Å². The molecule has 2 fully saturated rings. The fourth-order valence-electron chi connectivity index (χ4n) is 2.78. The van der Waals surface area contributed by atoms with Gasteiger partial charge < -0.3 is 4.74 Å². The molecule has 0 amide bonds. The molecule has 2 nitrogen and oxygen atoms in total. The van der Waals surface area contributed by atoms with E-state index in [4.69, 9.17) is 4.74 Å². The Labute approximate surface area is 79.9 Å². The number of hydrogen-bond donors (Lipinski definition) is 0. The Bertz CT molecular complexity index is 233. The van der Waals surface area contributed by atoms with E-state index in [2.05, 4.69) is 13.0 Å². The van der Waals surface area contributed by atoms with Crippen LogP contribution in [-0.2, 0) is 4.74 Å². The van der Waals surface area contributed by atoms with E-state index in [-0.39, 0.29) is 10.8 Å². The number of nitrogens with zero attached hydrogens (tertiary/aromatic N) is 1. The smallest absolute Gasteiger partial charge is 0.0697 e. The van der Waals surface area contributed by atoms with Gasteiger partial charge in [0.25, 0.3) is 0 Å². The normalized spacial score (nSPS) is 28.3. The van der Waals surface area contributed by atoms with Crippen molar-refractivity contribution in [2.24, 2.45) is 10.8 Å². The maximum absolute atomic E-state index is 9.26. The van der Waals surface area contributed by atoms with Crippen molar-refractivity contribution >= 4 is 0 Å². The molecule has 0 bridgehead atoms. The molecular formula is C11H17NO. The average molecular weight is 179 g/mol. The monoisotopic (exact) mass is 179 g/mol. The summed E-state index contributed by atoms with van der Waals surface area (Å²) >= 11 is 0. The maximum Gasteiger partial charge on any atom is 0.0697 e. The van der Waals surface area contributed by atoms with Crippen LogP contribution < -0.4 is 0 Å². The molecule has 2 aliphatic rings. The van der Waals surface area contributed by atoms with E-state index >= 15 is 0 Å². The summed E-state index contributed by atoms with van der Waals surface area (Å²) < 4.78 is 5.32. The van der Waals surface area contributed by atoms with Crippen LogP contribution in [0.25, 0.3) is 0 Å². The minimum atomic E-state index is -0.0126. The number of ether oxygens (including phenoxy) is 1. The van der Waals surface area contributed by atoms with Crippen molar-refractivity contribution < 1.29 is 4.74 Å². The molecule has 2 heteroatoms. The van der Waals surface area contributed by atoms with E-state index < -0.39 is 0 Å². The van der Waals surface area contributed by atoms with Crippen LogP contribution in [0, 0.1) is 22.2 Å². The lowest BCUT2D eigenvalue weighted by atomic mass is 9.51. The highest BCUT2D eigenvalue weighted by Crippen LogP contribution is 2.58. The van der Waals surface area contributed by atoms with E-state index in [1.165, 1.54) is 19.3 Å². The summed E-state index contributed by atoms with van der Waals surface area (Å²) in [5.74, 6) is 0. The Morgan fingerprint density at radius 2 is 2.08 bits per heavy atom. The fraction of sp³-hybridized carbons (Fsp3) is 0.909. The van der Waals surface area contributed by atoms with Gasteiger partial charge in [0.05, 0.1) is 24.7 Å². The molecule has 0 N–H and O–H groups in total. The number of rotatable bonds is 3. The van der Waals surface area contributed by atoms with Crippen LogP contribution in [0.1, 0.15) is 39.0 Å². The highest BCUT2D eigenvalue weighted by atomic mass is 16.5. The second-order valence-corrected chi connectivity index (χ2v) is 4.57. The molecule has 1 aliphatic carbocycles. The molecule has 1 heterocycles. The fourth-order valence-corrected chi connectivity index (χ4v) is 2.78. The molecule has 0 spiro atoms. The lowest BCUT2D eigenvalue weighted by Crippen LogP contribution is -2.57. The van der Waals surface area contributed by atoms with E-state index in [1.807, 2.05) is 0 Å². The van der Waals surface area contributed by atoms with Gasteiger partial charge in [-0.15, -0.1) is 0 Å². The molecule has 0 aromatic heterocycles. The van der Waals surface area contributed by atoms with Crippen LogP contribution >= 0.6 is 0 Å². The van der Waals surface area contributed by atoms with Crippen molar-refractivity contribution in [3.8, 4) is 6.07 Å². The van der Waals surface area contributed by atoms with Crippen molar-refractivity contribution in [1.29, 1.82) is 5.26 Å². The molecule has 72 valence electrons. The van der Waals surface area contributed by atoms with Crippen LogP contribution in [0.4, 0.5) is 0 Å². The average Bonchev–Trinajstić information content (AvgIpc) is 1.98. The van der Waals surface area contributed by atoms with E-state index in [9.17, 15) is 5.26 Å². The molecule has 0 aromatic rings. The summed E-state index contributed by atoms with van der Waals surface area (Å²) in [6.07, 6.45) is 5.78. The zero-order valence-corrected chi connectivity index (χ0v) is 8.31. The molecule has 1 saturated carbocycles. The first kappa shape index (κ1) is 9.02. The van der Waals surface area contributed by atoms with Crippen molar-refractivity contribution in [2.45, 2.75) is 39.0 Å². The summed E-state index contributed by atoms with van der Waals surface area (Å²) in [6.45, 7) is 3.85. The van der Waals surface area contributed by atoms with Crippen LogP contribution in [0.5, 0.6) is 0 Å². The van der Waals surface area contributed by atoms with Crippen molar-refractivity contribution in [2.75, 3.05) is 13.2 Å². The predicted molar refractivity (Wildman–Crippen MR) is 50.1 cm³/mol. The first-order valence-corrected chi connectivity index (χ1v) is 5.28. The topological polar surface area (TPSA) is 33.0 Å². The molecule has 0 aromatic carbocycles. The van der Waals surface area contributed by atoms with Gasteiger partial charge >= 0.3 is 0 Å². The SMILES string of the molecule is CCCC1(C2(C#N)CCC2)COC1. The molecule has 2 rings (SSSR count). The summed E-state index contributed by atoms with van der Waals surface area (Å²) in [5, 5.41) is 9.26. The van der Waals surface area contributed by atoms with Crippen LogP contribution in [0.2, 0.25) is 0 Å².